The van der Waals surface area contributed by atoms with Crippen molar-refractivity contribution in [3.05, 3.63) is 53.9 Å². The Hall–Kier alpha value is -2.28. The van der Waals surface area contributed by atoms with Gasteiger partial charge in [-0.1, -0.05) is 6.07 Å². The summed E-state index contributed by atoms with van der Waals surface area (Å²) < 4.78 is 49.0. The number of hydrogen-bond donors (Lipinski definition) is 1. The highest BCUT2D eigenvalue weighted by Gasteiger charge is 2.31. The van der Waals surface area contributed by atoms with Crippen LogP contribution >= 0.6 is 0 Å². The van der Waals surface area contributed by atoms with Gasteiger partial charge in [0.25, 0.3) is 0 Å². The van der Waals surface area contributed by atoms with Gasteiger partial charge in [-0.2, -0.15) is 13.2 Å². The van der Waals surface area contributed by atoms with Crippen LogP contribution < -0.4 is 10.1 Å². The minimum absolute atomic E-state index is 0.253. The molecule has 2 aromatic rings. The summed E-state index contributed by atoms with van der Waals surface area (Å²) in [7, 11) is 1.53. The number of hydrogen-bond acceptors (Lipinski definition) is 4. The Kier molecular flexibility index (Phi) is 5.81. The van der Waals surface area contributed by atoms with Crippen LogP contribution in [0.5, 0.6) is 5.75 Å². The summed E-state index contributed by atoms with van der Waals surface area (Å²) >= 11 is 0. The highest BCUT2D eigenvalue weighted by atomic mass is 19.4. The molecule has 0 aliphatic heterocycles. The number of aromatic nitrogens is 1. The minimum Gasteiger partial charge on any atom is -0.489 e. The lowest BCUT2D eigenvalue weighted by molar-refractivity contribution is -0.137. The molecule has 0 radical (unpaired) electrons. The maximum atomic E-state index is 12.9. The fraction of sp³-hybridized carbons (Fsp3) is 0.312. The van der Waals surface area contributed by atoms with Gasteiger partial charge in [0.15, 0.2) is 0 Å². The van der Waals surface area contributed by atoms with E-state index in [1.807, 2.05) is 6.07 Å². The first kappa shape index (κ1) is 17.1. The lowest BCUT2D eigenvalue weighted by atomic mass is 10.1. The van der Waals surface area contributed by atoms with Gasteiger partial charge >= 0.3 is 6.18 Å². The lowest BCUT2D eigenvalue weighted by Gasteiger charge is -2.16. The van der Waals surface area contributed by atoms with Crippen molar-refractivity contribution in [3.63, 3.8) is 0 Å². The number of pyridine rings is 1. The summed E-state index contributed by atoms with van der Waals surface area (Å²) in [5.41, 5.74) is 0.401. The Labute approximate surface area is 132 Å². The Morgan fingerprint density at radius 1 is 1.17 bits per heavy atom. The molecule has 0 saturated carbocycles. The van der Waals surface area contributed by atoms with Crippen LogP contribution in [0.15, 0.2) is 42.7 Å². The van der Waals surface area contributed by atoms with Crippen molar-refractivity contribution < 1.29 is 22.6 Å². The highest BCUT2D eigenvalue weighted by molar-refractivity contribution is 5.58. The molecule has 1 heterocycles. The predicted molar refractivity (Wildman–Crippen MR) is 80.4 cm³/mol. The van der Waals surface area contributed by atoms with Crippen LogP contribution in [0.2, 0.25) is 0 Å². The van der Waals surface area contributed by atoms with E-state index in [1.165, 1.54) is 13.2 Å². The third-order valence-electron chi connectivity index (χ3n) is 3.06. The molecule has 124 valence electrons. The summed E-state index contributed by atoms with van der Waals surface area (Å²) in [6, 6.07) is 6.94. The molecule has 23 heavy (non-hydrogen) atoms. The van der Waals surface area contributed by atoms with Gasteiger partial charge < -0.3 is 14.8 Å². The smallest absolute Gasteiger partial charge is 0.416 e. The molecule has 0 amide bonds. The fourth-order valence-corrected chi connectivity index (χ4v) is 1.91. The molecular weight excluding hydrogens is 309 g/mol. The van der Waals surface area contributed by atoms with Gasteiger partial charge in [0.2, 0.25) is 0 Å². The van der Waals surface area contributed by atoms with Gasteiger partial charge in [-0.15, -0.1) is 0 Å². The molecule has 0 aliphatic carbocycles. The van der Waals surface area contributed by atoms with Gasteiger partial charge in [0, 0.05) is 26.0 Å². The molecule has 1 aromatic carbocycles. The van der Waals surface area contributed by atoms with Crippen molar-refractivity contribution >= 4 is 5.69 Å². The summed E-state index contributed by atoms with van der Waals surface area (Å²) in [6.45, 7) is 0.947. The van der Waals surface area contributed by atoms with E-state index in [9.17, 15) is 13.2 Å². The number of halogens is 3. The normalized spacial score (nSPS) is 11.3. The van der Waals surface area contributed by atoms with E-state index in [4.69, 9.17) is 9.47 Å². The molecule has 0 aliphatic rings. The second-order valence-electron chi connectivity index (χ2n) is 4.76. The molecule has 1 N–H and O–H groups in total. The van der Waals surface area contributed by atoms with Crippen molar-refractivity contribution in [1.82, 2.24) is 4.98 Å². The number of nitrogens with zero attached hydrogens (tertiary/aromatic N) is 1. The van der Waals surface area contributed by atoms with Crippen LogP contribution in [0, 0.1) is 0 Å². The Morgan fingerprint density at radius 3 is 2.65 bits per heavy atom. The number of ether oxygens (including phenoxy) is 2. The van der Waals surface area contributed by atoms with Crippen molar-refractivity contribution in [2.45, 2.75) is 12.7 Å². The number of alkyl halides is 3. The first-order chi connectivity index (χ1) is 11.0. The lowest BCUT2D eigenvalue weighted by Crippen LogP contribution is -2.10. The van der Waals surface area contributed by atoms with Crippen LogP contribution in [-0.4, -0.2) is 25.3 Å². The van der Waals surface area contributed by atoms with Crippen molar-refractivity contribution in [3.8, 4) is 5.75 Å². The van der Waals surface area contributed by atoms with Gasteiger partial charge in [-0.05, 0) is 29.8 Å². The second-order valence-corrected chi connectivity index (χ2v) is 4.76. The summed E-state index contributed by atoms with van der Waals surface area (Å²) in [4.78, 5) is 3.97. The molecule has 2 rings (SSSR count). The average molecular weight is 326 g/mol. The predicted octanol–water partition coefficient (Wildman–Crippen LogP) is 3.74. The maximum Gasteiger partial charge on any atom is 0.416 e. The zero-order valence-electron chi connectivity index (χ0n) is 12.6. The molecule has 4 nitrogen and oxygen atoms in total. The maximum absolute atomic E-state index is 12.9. The van der Waals surface area contributed by atoms with E-state index in [0.717, 1.165) is 17.7 Å². The van der Waals surface area contributed by atoms with Gasteiger partial charge in [0.1, 0.15) is 12.4 Å². The quantitative estimate of drug-likeness (QED) is 0.787. The van der Waals surface area contributed by atoms with E-state index in [1.54, 1.807) is 18.5 Å². The molecule has 0 fully saturated rings. The van der Waals surface area contributed by atoms with Crippen LogP contribution in [0.25, 0.3) is 0 Å². The van der Waals surface area contributed by atoms with Crippen molar-refractivity contribution in [2.24, 2.45) is 0 Å². The summed E-state index contributed by atoms with van der Waals surface area (Å²) in [6.07, 6.45) is -1.13. The SMILES string of the molecule is COCCOc1ccc(C(F)(F)F)cc1NCc1cccnc1. The monoisotopic (exact) mass is 326 g/mol. The Bertz CT molecular complexity index is 618. The van der Waals surface area contributed by atoms with E-state index >= 15 is 0 Å². The summed E-state index contributed by atoms with van der Waals surface area (Å²) in [5, 5.41) is 2.96. The molecule has 0 spiro atoms. The van der Waals surface area contributed by atoms with E-state index in [2.05, 4.69) is 10.3 Å². The topological polar surface area (TPSA) is 43.4 Å². The zero-order valence-corrected chi connectivity index (χ0v) is 12.6. The molecule has 1 aromatic heterocycles. The van der Waals surface area contributed by atoms with Crippen molar-refractivity contribution in [1.29, 1.82) is 0 Å². The molecule has 7 heteroatoms. The fourth-order valence-electron chi connectivity index (χ4n) is 1.91. The largest absolute Gasteiger partial charge is 0.489 e. The van der Waals surface area contributed by atoms with Gasteiger partial charge in [-0.3, -0.25) is 4.98 Å². The van der Waals surface area contributed by atoms with E-state index in [0.29, 0.717) is 18.9 Å². The van der Waals surface area contributed by atoms with Crippen LogP contribution in [-0.2, 0) is 17.5 Å². The number of anilines is 1. The Balaban J connectivity index is 2.17. The van der Waals surface area contributed by atoms with E-state index < -0.39 is 11.7 Å². The van der Waals surface area contributed by atoms with Crippen LogP contribution in [0.1, 0.15) is 11.1 Å². The average Bonchev–Trinajstić information content (AvgIpc) is 2.54. The van der Waals surface area contributed by atoms with Gasteiger partial charge in [0.05, 0.1) is 17.9 Å². The van der Waals surface area contributed by atoms with Crippen molar-refractivity contribution in [2.75, 3.05) is 25.6 Å². The minimum atomic E-state index is -4.41. The number of benzene rings is 1. The third-order valence-corrected chi connectivity index (χ3v) is 3.06. The number of nitrogens with one attached hydrogen (secondary N) is 1. The van der Waals surface area contributed by atoms with Crippen LogP contribution in [0.4, 0.5) is 18.9 Å². The number of rotatable bonds is 7. The molecule has 0 bridgehead atoms. The first-order valence-electron chi connectivity index (χ1n) is 6.96. The zero-order chi connectivity index (χ0) is 16.7. The number of methoxy groups -OCH3 is 1. The second kappa shape index (κ2) is 7.82. The standard InChI is InChI=1S/C16H17F3N2O2/c1-22-7-8-23-15-5-4-13(16(17,18)19)9-14(15)21-11-12-3-2-6-20-10-12/h2-6,9-10,21H,7-8,11H2,1H3. The Morgan fingerprint density at radius 2 is 2.00 bits per heavy atom. The molecule has 0 unspecified atom stereocenters. The molecule has 0 saturated heterocycles. The van der Waals surface area contributed by atoms with Crippen LogP contribution in [0.3, 0.4) is 0 Å². The van der Waals surface area contributed by atoms with E-state index in [-0.39, 0.29) is 12.3 Å². The highest BCUT2D eigenvalue weighted by Crippen LogP contribution is 2.35. The van der Waals surface area contributed by atoms with Gasteiger partial charge in [-0.25, -0.2) is 0 Å². The molecule has 0 atom stereocenters. The summed E-state index contributed by atoms with van der Waals surface area (Å²) in [5.74, 6) is 0.346. The third kappa shape index (κ3) is 5.14. The first-order valence-corrected chi connectivity index (χ1v) is 6.96. The molecular formula is C16H17F3N2O2.